The van der Waals surface area contributed by atoms with E-state index >= 15 is 0 Å². The van der Waals surface area contributed by atoms with Crippen molar-refractivity contribution in [1.29, 1.82) is 0 Å². The van der Waals surface area contributed by atoms with Gasteiger partial charge in [-0.15, -0.1) is 0 Å². The Morgan fingerprint density at radius 2 is 2.12 bits per heavy atom. The number of nitrogens with one attached hydrogen (secondary N) is 2. The molecule has 0 aliphatic heterocycles. The molecule has 0 bridgehead atoms. The minimum absolute atomic E-state index is 0.0530. The average molecular weight is 228 g/mol. The van der Waals surface area contributed by atoms with Gasteiger partial charge in [0.15, 0.2) is 0 Å². The maximum atomic E-state index is 11.8. The van der Waals surface area contributed by atoms with E-state index in [1.165, 1.54) is 5.57 Å². The smallest absolute Gasteiger partial charge is 0.257 e. The van der Waals surface area contributed by atoms with Crippen molar-refractivity contribution in [2.45, 2.75) is 13.8 Å². The van der Waals surface area contributed by atoms with Crippen molar-refractivity contribution >= 4 is 16.6 Å². The molecule has 0 amide bonds. The van der Waals surface area contributed by atoms with Gasteiger partial charge in [0.1, 0.15) is 5.82 Å². The zero-order valence-electron chi connectivity index (χ0n) is 10.1. The Labute approximate surface area is 100 Å². The van der Waals surface area contributed by atoms with E-state index in [4.69, 9.17) is 0 Å². The van der Waals surface area contributed by atoms with Gasteiger partial charge in [0.2, 0.25) is 0 Å². The predicted octanol–water partition coefficient (Wildman–Crippen LogP) is 2.91. The Kier molecular flexibility index (Phi) is 3.28. The second-order valence-electron chi connectivity index (χ2n) is 4.26. The number of H-pyrrole nitrogens is 1. The number of benzene rings is 1. The number of aromatic nitrogens is 1. The number of hydrogen-bond acceptors (Lipinski definition) is 2. The first-order valence-corrected chi connectivity index (χ1v) is 5.66. The Morgan fingerprint density at radius 3 is 2.88 bits per heavy atom. The summed E-state index contributed by atoms with van der Waals surface area (Å²) in [5.41, 5.74) is 1.20. The highest BCUT2D eigenvalue weighted by Crippen LogP contribution is 2.12. The van der Waals surface area contributed by atoms with Crippen molar-refractivity contribution in [3.8, 4) is 0 Å². The number of fused-ring (bicyclic) bond motifs is 1. The molecule has 0 saturated heterocycles. The lowest BCUT2D eigenvalue weighted by atomic mass is 10.2. The third kappa shape index (κ3) is 2.75. The van der Waals surface area contributed by atoms with Crippen LogP contribution in [0.1, 0.15) is 13.8 Å². The van der Waals surface area contributed by atoms with Crippen molar-refractivity contribution in [1.82, 2.24) is 4.98 Å². The molecule has 0 fully saturated rings. The summed E-state index contributed by atoms with van der Waals surface area (Å²) in [4.78, 5) is 14.6. The van der Waals surface area contributed by atoms with Crippen LogP contribution in [0, 0.1) is 0 Å². The van der Waals surface area contributed by atoms with Gasteiger partial charge in [-0.05, 0) is 31.4 Å². The summed E-state index contributed by atoms with van der Waals surface area (Å²) in [6.45, 7) is 4.81. The van der Waals surface area contributed by atoms with Crippen molar-refractivity contribution in [3.05, 3.63) is 52.3 Å². The molecule has 17 heavy (non-hydrogen) atoms. The quantitative estimate of drug-likeness (QED) is 0.793. The summed E-state index contributed by atoms with van der Waals surface area (Å²) in [6, 6.07) is 9.52. The fourth-order valence-corrected chi connectivity index (χ4v) is 1.67. The molecule has 0 aliphatic carbocycles. The number of anilines is 1. The highest BCUT2D eigenvalue weighted by atomic mass is 16.1. The van der Waals surface area contributed by atoms with Crippen LogP contribution in [-0.4, -0.2) is 11.5 Å². The third-order valence-corrected chi connectivity index (χ3v) is 2.56. The van der Waals surface area contributed by atoms with Gasteiger partial charge in [0.05, 0.1) is 0 Å². The molecule has 0 radical (unpaired) electrons. The van der Waals surface area contributed by atoms with Crippen molar-refractivity contribution < 1.29 is 0 Å². The van der Waals surface area contributed by atoms with E-state index in [1.54, 1.807) is 0 Å². The fraction of sp³-hybridized carbons (Fsp3) is 0.214. The Balaban J connectivity index is 2.31. The van der Waals surface area contributed by atoms with Crippen molar-refractivity contribution in [2.75, 3.05) is 11.9 Å². The van der Waals surface area contributed by atoms with Gasteiger partial charge in [-0.25, -0.2) is 0 Å². The molecule has 3 nitrogen and oxygen atoms in total. The second-order valence-corrected chi connectivity index (χ2v) is 4.26. The van der Waals surface area contributed by atoms with Gasteiger partial charge in [-0.1, -0.05) is 29.8 Å². The zero-order chi connectivity index (χ0) is 12.3. The summed E-state index contributed by atoms with van der Waals surface area (Å²) < 4.78 is 0. The number of rotatable bonds is 3. The summed E-state index contributed by atoms with van der Waals surface area (Å²) in [7, 11) is 0. The van der Waals surface area contributed by atoms with E-state index in [-0.39, 0.29) is 5.56 Å². The van der Waals surface area contributed by atoms with E-state index in [2.05, 4.69) is 16.4 Å². The molecule has 2 N–H and O–H groups in total. The molecule has 0 aliphatic rings. The Hall–Kier alpha value is -2.03. The summed E-state index contributed by atoms with van der Waals surface area (Å²) in [5.74, 6) is 0.756. The summed E-state index contributed by atoms with van der Waals surface area (Å²) in [5, 5.41) is 4.85. The first-order chi connectivity index (χ1) is 8.16. The lowest BCUT2D eigenvalue weighted by molar-refractivity contribution is 1.19. The van der Waals surface area contributed by atoms with Crippen LogP contribution in [0.15, 0.2) is 46.8 Å². The minimum Gasteiger partial charge on any atom is -0.368 e. The molecule has 1 aromatic heterocycles. The molecule has 2 rings (SSSR count). The predicted molar refractivity (Wildman–Crippen MR) is 72.5 cm³/mol. The summed E-state index contributed by atoms with van der Waals surface area (Å²) >= 11 is 0. The molecule has 0 unspecified atom stereocenters. The molecule has 1 heterocycles. The summed E-state index contributed by atoms with van der Waals surface area (Å²) in [6.07, 6.45) is 2.08. The average Bonchev–Trinajstić information content (AvgIpc) is 2.28. The van der Waals surface area contributed by atoms with Crippen LogP contribution in [0.5, 0.6) is 0 Å². The van der Waals surface area contributed by atoms with E-state index in [1.807, 2.05) is 44.2 Å². The van der Waals surface area contributed by atoms with Crippen LogP contribution in [0.2, 0.25) is 0 Å². The largest absolute Gasteiger partial charge is 0.368 e. The molecular formula is C14H16N2O. The second kappa shape index (κ2) is 4.87. The van der Waals surface area contributed by atoms with Crippen LogP contribution < -0.4 is 10.9 Å². The van der Waals surface area contributed by atoms with Gasteiger partial charge < -0.3 is 10.3 Å². The monoisotopic (exact) mass is 228 g/mol. The number of allylic oxidation sites excluding steroid dienone is 1. The SMILES string of the molecule is CC(C)=CCNc1cc2ccccc2c(=O)[nH]1. The van der Waals surface area contributed by atoms with Crippen LogP contribution in [-0.2, 0) is 0 Å². The van der Waals surface area contributed by atoms with E-state index < -0.39 is 0 Å². The molecule has 0 saturated carbocycles. The van der Waals surface area contributed by atoms with Crippen LogP contribution in [0.4, 0.5) is 5.82 Å². The van der Waals surface area contributed by atoms with E-state index in [0.717, 1.165) is 23.1 Å². The topological polar surface area (TPSA) is 44.9 Å². The Morgan fingerprint density at radius 1 is 1.35 bits per heavy atom. The van der Waals surface area contributed by atoms with Crippen LogP contribution in [0.25, 0.3) is 10.8 Å². The van der Waals surface area contributed by atoms with Gasteiger partial charge in [-0.3, -0.25) is 4.79 Å². The molecular weight excluding hydrogens is 212 g/mol. The maximum absolute atomic E-state index is 11.8. The zero-order valence-corrected chi connectivity index (χ0v) is 10.1. The van der Waals surface area contributed by atoms with Gasteiger partial charge in [0.25, 0.3) is 5.56 Å². The first kappa shape index (κ1) is 11.5. The number of aromatic amines is 1. The number of pyridine rings is 1. The third-order valence-electron chi connectivity index (χ3n) is 2.56. The van der Waals surface area contributed by atoms with Crippen LogP contribution >= 0.6 is 0 Å². The Bertz CT molecular complexity index is 607. The molecule has 0 atom stereocenters. The lowest BCUT2D eigenvalue weighted by Gasteiger charge is -2.05. The van der Waals surface area contributed by atoms with Crippen LogP contribution in [0.3, 0.4) is 0 Å². The molecule has 1 aromatic carbocycles. The maximum Gasteiger partial charge on any atom is 0.257 e. The van der Waals surface area contributed by atoms with Gasteiger partial charge in [-0.2, -0.15) is 0 Å². The molecule has 2 aromatic rings. The highest BCUT2D eigenvalue weighted by Gasteiger charge is 1.99. The molecule has 88 valence electrons. The first-order valence-electron chi connectivity index (χ1n) is 5.66. The van der Waals surface area contributed by atoms with Crippen molar-refractivity contribution in [2.24, 2.45) is 0 Å². The van der Waals surface area contributed by atoms with Gasteiger partial charge in [0, 0.05) is 11.9 Å². The van der Waals surface area contributed by atoms with E-state index in [9.17, 15) is 4.79 Å². The molecule has 3 heteroatoms. The van der Waals surface area contributed by atoms with Crippen molar-refractivity contribution in [3.63, 3.8) is 0 Å². The normalized spacial score (nSPS) is 10.2. The highest BCUT2D eigenvalue weighted by molar-refractivity contribution is 5.83. The van der Waals surface area contributed by atoms with E-state index in [0.29, 0.717) is 0 Å². The lowest BCUT2D eigenvalue weighted by Crippen LogP contribution is -2.10. The van der Waals surface area contributed by atoms with Gasteiger partial charge >= 0.3 is 0 Å². The standard InChI is InChI=1S/C14H16N2O/c1-10(2)7-8-15-13-9-11-5-3-4-6-12(11)14(17)16-13/h3-7,9H,8H2,1-2H3,(H2,15,16,17). The minimum atomic E-state index is -0.0530. The number of hydrogen-bond donors (Lipinski definition) is 2. The fourth-order valence-electron chi connectivity index (χ4n) is 1.67. The molecule has 0 spiro atoms.